The van der Waals surface area contributed by atoms with Gasteiger partial charge in [0, 0.05) is 11.0 Å². The maximum Gasteiger partial charge on any atom is 0.325 e. The molecule has 2 aromatic heterocycles. The number of hydrogen-bond donors (Lipinski definition) is 0. The summed E-state index contributed by atoms with van der Waals surface area (Å²) in [5.41, 5.74) is 0.616. The third-order valence-electron chi connectivity index (χ3n) is 3.30. The van der Waals surface area contributed by atoms with Gasteiger partial charge in [-0.3, -0.25) is 9.59 Å². The van der Waals surface area contributed by atoms with E-state index >= 15 is 0 Å². The van der Waals surface area contributed by atoms with Crippen molar-refractivity contribution in [2.75, 3.05) is 7.11 Å². The van der Waals surface area contributed by atoms with Gasteiger partial charge in [0.2, 0.25) is 0 Å². The third kappa shape index (κ3) is 4.09. The van der Waals surface area contributed by atoms with Crippen LogP contribution in [0.3, 0.4) is 0 Å². The van der Waals surface area contributed by atoms with Crippen LogP contribution in [0, 0.1) is 5.82 Å². The molecule has 128 valence electrons. The highest BCUT2D eigenvalue weighted by Gasteiger charge is 2.12. The minimum Gasteiger partial charge on any atom is -0.468 e. The monoisotopic (exact) mass is 376 g/mol. The van der Waals surface area contributed by atoms with Crippen LogP contribution in [-0.2, 0) is 20.9 Å². The Hall–Kier alpha value is -2.58. The summed E-state index contributed by atoms with van der Waals surface area (Å²) < 4.78 is 20.3. The molecule has 0 aliphatic carbocycles. The van der Waals surface area contributed by atoms with Gasteiger partial charge in [-0.05, 0) is 35.7 Å². The molecule has 0 unspecified atom stereocenters. The van der Waals surface area contributed by atoms with E-state index in [4.69, 9.17) is 0 Å². The first-order valence-corrected chi connectivity index (χ1v) is 8.92. The summed E-state index contributed by atoms with van der Waals surface area (Å²) in [5.74, 6) is -1.33. The molecule has 1 amide bonds. The van der Waals surface area contributed by atoms with Gasteiger partial charge in [0.1, 0.15) is 12.4 Å². The van der Waals surface area contributed by atoms with Crippen LogP contribution in [0.4, 0.5) is 4.39 Å². The Morgan fingerprint density at radius 2 is 2.20 bits per heavy atom. The van der Waals surface area contributed by atoms with Crippen LogP contribution in [-0.4, -0.2) is 23.6 Å². The Morgan fingerprint density at radius 3 is 2.92 bits per heavy atom. The first-order chi connectivity index (χ1) is 12.1. The average Bonchev–Trinajstić information content (AvgIpc) is 3.21. The number of benzene rings is 1. The number of thiazole rings is 1. The molecule has 25 heavy (non-hydrogen) atoms. The number of aromatic nitrogens is 1. The predicted molar refractivity (Wildman–Crippen MR) is 95.7 cm³/mol. The Labute approximate surface area is 150 Å². The molecule has 0 aliphatic rings. The fourth-order valence-electron chi connectivity index (χ4n) is 2.15. The number of rotatable bonds is 4. The van der Waals surface area contributed by atoms with Gasteiger partial charge in [-0.15, -0.1) is 11.3 Å². The average molecular weight is 376 g/mol. The molecular formula is C17H13FN2O3S2. The summed E-state index contributed by atoms with van der Waals surface area (Å²) in [6.45, 7) is -0.108. The molecule has 0 aliphatic heterocycles. The molecule has 3 aromatic rings. The van der Waals surface area contributed by atoms with Gasteiger partial charge in [0.25, 0.3) is 5.91 Å². The molecular weight excluding hydrogens is 363 g/mol. The van der Waals surface area contributed by atoms with Crippen molar-refractivity contribution in [2.45, 2.75) is 6.54 Å². The van der Waals surface area contributed by atoms with Gasteiger partial charge in [-0.1, -0.05) is 17.4 Å². The summed E-state index contributed by atoms with van der Waals surface area (Å²) in [6.07, 6.45) is 3.04. The van der Waals surface area contributed by atoms with Crippen molar-refractivity contribution in [2.24, 2.45) is 4.99 Å². The van der Waals surface area contributed by atoms with E-state index in [1.165, 1.54) is 36.7 Å². The van der Waals surface area contributed by atoms with Gasteiger partial charge in [-0.2, -0.15) is 4.99 Å². The van der Waals surface area contributed by atoms with Gasteiger partial charge >= 0.3 is 5.97 Å². The standard InChI is InChI=1S/C17H13FN2O3S2/c1-23-16(22)10-20-13-6-4-11(18)9-14(13)25-17(20)19-15(21)7-5-12-3-2-8-24-12/h2-9H,10H2,1H3. The maximum atomic E-state index is 13.4. The number of methoxy groups -OCH3 is 1. The lowest BCUT2D eigenvalue weighted by molar-refractivity contribution is -0.141. The van der Waals surface area contributed by atoms with Crippen LogP contribution in [0.25, 0.3) is 16.3 Å². The number of esters is 1. The zero-order valence-electron chi connectivity index (χ0n) is 13.1. The number of carbonyl (C=O) groups is 2. The lowest BCUT2D eigenvalue weighted by Gasteiger charge is -2.03. The number of amides is 1. The van der Waals surface area contributed by atoms with Crippen LogP contribution < -0.4 is 4.80 Å². The van der Waals surface area contributed by atoms with Crippen LogP contribution >= 0.6 is 22.7 Å². The van der Waals surface area contributed by atoms with Gasteiger partial charge in [0.15, 0.2) is 4.80 Å². The van der Waals surface area contributed by atoms with Crippen LogP contribution in [0.2, 0.25) is 0 Å². The summed E-state index contributed by atoms with van der Waals surface area (Å²) in [4.78, 5) is 29.1. The quantitative estimate of drug-likeness (QED) is 0.519. The van der Waals surface area contributed by atoms with E-state index in [-0.39, 0.29) is 6.54 Å². The lowest BCUT2D eigenvalue weighted by Crippen LogP contribution is -2.22. The molecule has 8 heteroatoms. The summed E-state index contributed by atoms with van der Waals surface area (Å²) >= 11 is 2.64. The van der Waals surface area contributed by atoms with E-state index in [2.05, 4.69) is 9.73 Å². The van der Waals surface area contributed by atoms with Crippen LogP contribution in [0.1, 0.15) is 4.88 Å². The van der Waals surface area contributed by atoms with Gasteiger partial charge < -0.3 is 9.30 Å². The fourth-order valence-corrected chi connectivity index (χ4v) is 3.83. The number of carbonyl (C=O) groups excluding carboxylic acids is 2. The molecule has 0 atom stereocenters. The highest BCUT2D eigenvalue weighted by atomic mass is 32.1. The molecule has 0 spiro atoms. The van der Waals surface area contributed by atoms with E-state index in [1.807, 2.05) is 17.5 Å². The van der Waals surface area contributed by atoms with Crippen molar-refractivity contribution in [3.63, 3.8) is 0 Å². The number of halogens is 1. The first-order valence-electron chi connectivity index (χ1n) is 7.23. The number of nitrogens with zero attached hydrogens (tertiary/aromatic N) is 2. The molecule has 2 heterocycles. The van der Waals surface area contributed by atoms with Crippen molar-refractivity contribution in [1.29, 1.82) is 0 Å². The number of ether oxygens (including phenoxy) is 1. The largest absolute Gasteiger partial charge is 0.468 e. The fraction of sp³-hybridized carbons (Fsp3) is 0.118. The SMILES string of the molecule is COC(=O)Cn1c(=NC(=O)C=Cc2cccs2)sc2cc(F)ccc21. The molecule has 0 fully saturated rings. The van der Waals surface area contributed by atoms with Crippen molar-refractivity contribution in [1.82, 2.24) is 4.57 Å². The Bertz CT molecular complexity index is 1020. The highest BCUT2D eigenvalue weighted by Crippen LogP contribution is 2.19. The molecule has 0 saturated carbocycles. The lowest BCUT2D eigenvalue weighted by atomic mass is 10.3. The van der Waals surface area contributed by atoms with Crippen molar-refractivity contribution < 1.29 is 18.7 Å². The molecule has 5 nitrogen and oxygen atoms in total. The smallest absolute Gasteiger partial charge is 0.325 e. The topological polar surface area (TPSA) is 60.7 Å². The summed E-state index contributed by atoms with van der Waals surface area (Å²) in [6, 6.07) is 7.96. The predicted octanol–water partition coefficient (Wildman–Crippen LogP) is 3.22. The Balaban J connectivity index is 2.02. The Morgan fingerprint density at radius 1 is 1.36 bits per heavy atom. The third-order valence-corrected chi connectivity index (χ3v) is 5.18. The van der Waals surface area contributed by atoms with E-state index in [0.717, 1.165) is 16.2 Å². The summed E-state index contributed by atoms with van der Waals surface area (Å²) in [5, 5.41) is 1.91. The van der Waals surface area contributed by atoms with Gasteiger partial charge in [-0.25, -0.2) is 4.39 Å². The van der Waals surface area contributed by atoms with E-state index in [0.29, 0.717) is 15.0 Å². The highest BCUT2D eigenvalue weighted by molar-refractivity contribution is 7.16. The number of fused-ring (bicyclic) bond motifs is 1. The Kier molecular flexibility index (Phi) is 5.20. The second-order valence-corrected chi connectivity index (χ2v) is 6.95. The molecule has 0 radical (unpaired) electrons. The van der Waals surface area contributed by atoms with Crippen LogP contribution in [0.15, 0.2) is 46.8 Å². The normalized spacial score (nSPS) is 12.2. The van der Waals surface area contributed by atoms with Gasteiger partial charge in [0.05, 0.1) is 17.3 Å². The minimum atomic E-state index is -0.480. The molecule has 1 aromatic carbocycles. The van der Waals surface area contributed by atoms with E-state index in [9.17, 15) is 14.0 Å². The van der Waals surface area contributed by atoms with Crippen LogP contribution in [0.5, 0.6) is 0 Å². The van der Waals surface area contributed by atoms with Crippen molar-refractivity contribution >= 4 is 50.8 Å². The van der Waals surface area contributed by atoms with E-state index < -0.39 is 17.7 Å². The maximum absolute atomic E-state index is 13.4. The minimum absolute atomic E-state index is 0.108. The number of hydrogen-bond acceptors (Lipinski definition) is 5. The zero-order chi connectivity index (χ0) is 17.8. The second kappa shape index (κ2) is 7.54. The molecule has 0 saturated heterocycles. The molecule has 3 rings (SSSR count). The zero-order valence-corrected chi connectivity index (χ0v) is 14.8. The van der Waals surface area contributed by atoms with Crippen molar-refractivity contribution in [3.05, 3.63) is 57.3 Å². The van der Waals surface area contributed by atoms with Crippen molar-refractivity contribution in [3.8, 4) is 0 Å². The molecule has 0 N–H and O–H groups in total. The molecule has 0 bridgehead atoms. The number of thiophene rings is 1. The van der Waals surface area contributed by atoms with E-state index in [1.54, 1.807) is 16.7 Å². The first kappa shape index (κ1) is 17.2. The second-order valence-electron chi connectivity index (χ2n) is 4.96. The summed E-state index contributed by atoms with van der Waals surface area (Å²) in [7, 11) is 1.28.